The first-order valence-corrected chi connectivity index (χ1v) is 7.63. The quantitative estimate of drug-likeness (QED) is 0.796. The largest absolute Gasteiger partial charge is 0.494 e. The topological polar surface area (TPSA) is 30.5 Å². The first kappa shape index (κ1) is 12.9. The van der Waals surface area contributed by atoms with Crippen molar-refractivity contribution < 1.29 is 9.31 Å². The summed E-state index contributed by atoms with van der Waals surface area (Å²) in [4.78, 5) is 0. The van der Waals surface area contributed by atoms with E-state index in [1.807, 2.05) is 0 Å². The maximum atomic E-state index is 6.15. The van der Waals surface area contributed by atoms with E-state index < -0.39 is 0 Å². The van der Waals surface area contributed by atoms with Crippen molar-refractivity contribution in [2.24, 2.45) is 0 Å². The van der Waals surface area contributed by atoms with Gasteiger partial charge in [0.25, 0.3) is 0 Å². The lowest BCUT2D eigenvalue weighted by molar-refractivity contribution is 0.00578. The summed E-state index contributed by atoms with van der Waals surface area (Å²) in [6.45, 7) is 8.40. The van der Waals surface area contributed by atoms with Crippen LogP contribution in [0.3, 0.4) is 0 Å². The molecule has 20 heavy (non-hydrogen) atoms. The fraction of sp³-hybridized carbons (Fsp3) is 0.625. The van der Waals surface area contributed by atoms with Crippen molar-refractivity contribution >= 4 is 12.6 Å². The molecule has 3 aliphatic heterocycles. The zero-order valence-corrected chi connectivity index (χ0v) is 12.7. The summed E-state index contributed by atoms with van der Waals surface area (Å²) in [7, 11) is -0.246. The van der Waals surface area contributed by atoms with Gasteiger partial charge < -0.3 is 14.6 Å². The maximum absolute atomic E-state index is 6.15. The highest BCUT2D eigenvalue weighted by molar-refractivity contribution is 6.62. The molecular formula is C16H22BNO2. The van der Waals surface area contributed by atoms with E-state index in [0.29, 0.717) is 12.1 Å². The third-order valence-electron chi connectivity index (χ3n) is 5.53. The van der Waals surface area contributed by atoms with Gasteiger partial charge in [-0.1, -0.05) is 18.2 Å². The number of nitrogens with one attached hydrogen (secondary N) is 1. The van der Waals surface area contributed by atoms with E-state index >= 15 is 0 Å². The van der Waals surface area contributed by atoms with Crippen LogP contribution in [-0.2, 0) is 9.31 Å². The number of fused-ring (bicyclic) bond motifs is 5. The normalized spacial score (nSPS) is 32.7. The van der Waals surface area contributed by atoms with Gasteiger partial charge >= 0.3 is 7.12 Å². The molecule has 1 aromatic carbocycles. The smallest absolute Gasteiger partial charge is 0.399 e. The van der Waals surface area contributed by atoms with E-state index in [1.165, 1.54) is 24.0 Å². The third kappa shape index (κ3) is 1.65. The van der Waals surface area contributed by atoms with Crippen LogP contribution in [0.4, 0.5) is 0 Å². The van der Waals surface area contributed by atoms with Crippen LogP contribution < -0.4 is 10.8 Å². The van der Waals surface area contributed by atoms with Crippen molar-refractivity contribution in [3.63, 3.8) is 0 Å². The van der Waals surface area contributed by atoms with E-state index in [-0.39, 0.29) is 18.3 Å². The van der Waals surface area contributed by atoms with Crippen molar-refractivity contribution in [1.29, 1.82) is 0 Å². The molecule has 2 saturated heterocycles. The minimum Gasteiger partial charge on any atom is -0.399 e. The molecule has 1 aromatic rings. The molecule has 3 heterocycles. The van der Waals surface area contributed by atoms with E-state index in [1.54, 1.807) is 0 Å². The van der Waals surface area contributed by atoms with Gasteiger partial charge in [-0.3, -0.25) is 0 Å². The summed E-state index contributed by atoms with van der Waals surface area (Å²) in [6, 6.07) is 7.82. The molecule has 0 saturated carbocycles. The van der Waals surface area contributed by atoms with Crippen molar-refractivity contribution in [3.05, 3.63) is 29.3 Å². The van der Waals surface area contributed by atoms with Crippen molar-refractivity contribution in [2.45, 2.75) is 63.8 Å². The van der Waals surface area contributed by atoms with Crippen molar-refractivity contribution in [1.82, 2.24) is 5.32 Å². The van der Waals surface area contributed by atoms with Crippen LogP contribution in [0.15, 0.2) is 18.2 Å². The lowest BCUT2D eigenvalue weighted by atomic mass is 9.76. The second kappa shape index (κ2) is 3.87. The zero-order valence-electron chi connectivity index (χ0n) is 12.7. The average Bonchev–Trinajstić information content (AvgIpc) is 3.02. The van der Waals surface area contributed by atoms with Crippen LogP contribution in [0.1, 0.15) is 63.7 Å². The highest BCUT2D eigenvalue weighted by atomic mass is 16.7. The highest BCUT2D eigenvalue weighted by Gasteiger charge is 2.52. The minimum atomic E-state index is -0.270. The Balaban J connectivity index is 1.67. The summed E-state index contributed by atoms with van der Waals surface area (Å²) in [6.07, 6.45) is 2.53. The monoisotopic (exact) mass is 271 g/mol. The maximum Gasteiger partial charge on any atom is 0.494 e. The van der Waals surface area contributed by atoms with E-state index in [9.17, 15) is 0 Å². The molecule has 106 valence electrons. The van der Waals surface area contributed by atoms with E-state index in [0.717, 1.165) is 5.46 Å². The van der Waals surface area contributed by atoms with Gasteiger partial charge in [-0.05, 0) is 57.1 Å². The van der Waals surface area contributed by atoms with E-state index in [2.05, 4.69) is 51.2 Å². The number of benzene rings is 1. The molecule has 2 fully saturated rings. The second-order valence-corrected chi connectivity index (χ2v) is 7.33. The second-order valence-electron chi connectivity index (χ2n) is 7.33. The van der Waals surface area contributed by atoms with Crippen LogP contribution in [0.25, 0.3) is 0 Å². The van der Waals surface area contributed by atoms with Gasteiger partial charge in [0.2, 0.25) is 0 Å². The van der Waals surface area contributed by atoms with Gasteiger partial charge in [0, 0.05) is 12.1 Å². The minimum absolute atomic E-state index is 0.246. The molecule has 1 N–H and O–H groups in total. The van der Waals surface area contributed by atoms with Gasteiger partial charge in [-0.2, -0.15) is 0 Å². The molecule has 4 heteroatoms. The Morgan fingerprint density at radius 1 is 1.00 bits per heavy atom. The van der Waals surface area contributed by atoms with Crippen LogP contribution in [0, 0.1) is 0 Å². The highest BCUT2D eigenvalue weighted by Crippen LogP contribution is 2.44. The van der Waals surface area contributed by atoms with Gasteiger partial charge in [0.05, 0.1) is 11.2 Å². The molecule has 0 aliphatic carbocycles. The predicted octanol–water partition coefficient (Wildman–Crippen LogP) is 2.47. The lowest BCUT2D eigenvalue weighted by Crippen LogP contribution is -2.41. The average molecular weight is 271 g/mol. The number of hydrogen-bond acceptors (Lipinski definition) is 3. The summed E-state index contributed by atoms with van der Waals surface area (Å²) < 4.78 is 12.3. The van der Waals surface area contributed by atoms with Gasteiger partial charge in [0.15, 0.2) is 0 Å². The van der Waals surface area contributed by atoms with Crippen LogP contribution in [0.2, 0.25) is 0 Å². The summed E-state index contributed by atoms with van der Waals surface area (Å²) in [5.41, 5.74) is 3.54. The Hall–Kier alpha value is -0.835. The third-order valence-corrected chi connectivity index (χ3v) is 5.53. The van der Waals surface area contributed by atoms with Crippen LogP contribution in [0.5, 0.6) is 0 Å². The Morgan fingerprint density at radius 3 is 2.25 bits per heavy atom. The first-order valence-electron chi connectivity index (χ1n) is 7.63. The molecule has 0 unspecified atom stereocenters. The Kier molecular flexibility index (Phi) is 2.49. The fourth-order valence-corrected chi connectivity index (χ4v) is 3.57. The summed E-state index contributed by atoms with van der Waals surface area (Å²) >= 11 is 0. The predicted molar refractivity (Wildman–Crippen MR) is 80.0 cm³/mol. The van der Waals surface area contributed by atoms with E-state index in [4.69, 9.17) is 9.31 Å². The van der Waals surface area contributed by atoms with Gasteiger partial charge in [-0.15, -0.1) is 0 Å². The molecule has 0 amide bonds. The first-order chi connectivity index (χ1) is 9.37. The number of hydrogen-bond donors (Lipinski definition) is 1. The Bertz CT molecular complexity index is 554. The Morgan fingerprint density at radius 2 is 1.60 bits per heavy atom. The SMILES string of the molecule is CC1(C)OB(c2ccc3c(c2)[C@H]2CC[C@H]3N2)OC1(C)C. The van der Waals surface area contributed by atoms with Gasteiger partial charge in [-0.25, -0.2) is 0 Å². The van der Waals surface area contributed by atoms with Crippen molar-refractivity contribution in [2.75, 3.05) is 0 Å². The van der Waals surface area contributed by atoms with Gasteiger partial charge in [0.1, 0.15) is 0 Å². The fourth-order valence-electron chi connectivity index (χ4n) is 3.57. The molecule has 2 atom stereocenters. The molecule has 4 rings (SSSR count). The summed E-state index contributed by atoms with van der Waals surface area (Å²) in [5.74, 6) is 0. The van der Waals surface area contributed by atoms with Crippen LogP contribution in [-0.4, -0.2) is 18.3 Å². The molecule has 3 nitrogen and oxygen atoms in total. The lowest BCUT2D eigenvalue weighted by Gasteiger charge is -2.32. The Labute approximate surface area is 121 Å². The number of rotatable bonds is 1. The molecule has 0 radical (unpaired) electrons. The molecule has 3 aliphatic rings. The molecule has 0 spiro atoms. The van der Waals surface area contributed by atoms with Crippen LogP contribution >= 0.6 is 0 Å². The standard InChI is InChI=1S/C16H22BNO2/c1-15(2)16(3,4)20-17(19-15)10-5-6-11-12(9-10)14-8-7-13(11)18-14/h5-6,9,13-14,18H,7-8H2,1-4H3/t13-,14-/m1/s1. The van der Waals surface area contributed by atoms with Crippen molar-refractivity contribution in [3.8, 4) is 0 Å². The molecule has 0 aromatic heterocycles. The molecule has 2 bridgehead atoms. The molecular weight excluding hydrogens is 249 g/mol. The summed E-state index contributed by atoms with van der Waals surface area (Å²) in [5, 5.41) is 3.66. The zero-order chi connectivity index (χ0) is 14.1.